The summed E-state index contributed by atoms with van der Waals surface area (Å²) < 4.78 is 0. The Morgan fingerprint density at radius 2 is 1.75 bits per heavy atom. The first-order valence-corrected chi connectivity index (χ1v) is 5.60. The first-order chi connectivity index (χ1) is 7.38. The van der Waals surface area contributed by atoms with Gasteiger partial charge in [-0.15, -0.1) is 0 Å². The average Bonchev–Trinajstić information content (AvgIpc) is 2.21. The van der Waals surface area contributed by atoms with Crippen LogP contribution in [0.3, 0.4) is 0 Å². The van der Waals surface area contributed by atoms with Gasteiger partial charge < -0.3 is 0 Å². The highest BCUT2D eigenvalue weighted by molar-refractivity contribution is 5.97. The third-order valence-corrected chi connectivity index (χ3v) is 2.26. The van der Waals surface area contributed by atoms with Gasteiger partial charge in [-0.1, -0.05) is 39.2 Å². The molecule has 88 valence electrons. The molecule has 0 radical (unpaired) electrons. The zero-order valence-corrected chi connectivity index (χ0v) is 11.2. The highest BCUT2D eigenvalue weighted by Crippen LogP contribution is 2.13. The van der Waals surface area contributed by atoms with Crippen molar-refractivity contribution in [3.05, 3.63) is 48.2 Å². The molecule has 0 saturated carbocycles. The maximum absolute atomic E-state index is 4.37. The molecule has 1 heteroatoms. The van der Waals surface area contributed by atoms with E-state index in [0.29, 0.717) is 5.92 Å². The molecule has 0 amide bonds. The molecule has 1 nitrogen and oxygen atoms in total. The van der Waals surface area contributed by atoms with Crippen LogP contribution in [0.4, 0.5) is 0 Å². The van der Waals surface area contributed by atoms with E-state index in [4.69, 9.17) is 0 Å². The normalized spacial score (nSPS) is 14.2. The highest BCUT2D eigenvalue weighted by atomic mass is 14.7. The van der Waals surface area contributed by atoms with Crippen molar-refractivity contribution in [2.75, 3.05) is 0 Å². The molecule has 16 heavy (non-hydrogen) atoms. The maximum Gasteiger partial charge on any atom is 0.0395 e. The van der Waals surface area contributed by atoms with E-state index in [1.165, 1.54) is 0 Å². The summed E-state index contributed by atoms with van der Waals surface area (Å²) in [6, 6.07) is 0. The minimum absolute atomic E-state index is 0.516. The minimum Gasteiger partial charge on any atom is -0.261 e. The molecule has 0 aromatic heterocycles. The van der Waals surface area contributed by atoms with Crippen LogP contribution in [-0.4, -0.2) is 5.71 Å². The lowest BCUT2D eigenvalue weighted by Crippen LogP contribution is -1.91. The number of allylic oxidation sites excluding steroid dienone is 5. The topological polar surface area (TPSA) is 12.4 Å². The summed E-state index contributed by atoms with van der Waals surface area (Å²) in [5.41, 5.74) is 4.24. The molecular weight excluding hydrogens is 194 g/mol. The van der Waals surface area contributed by atoms with Gasteiger partial charge in [0, 0.05) is 11.9 Å². The van der Waals surface area contributed by atoms with Gasteiger partial charge in [0.2, 0.25) is 0 Å². The fourth-order valence-corrected chi connectivity index (χ4v) is 1.10. The molecule has 0 saturated heterocycles. The van der Waals surface area contributed by atoms with Gasteiger partial charge in [0.25, 0.3) is 0 Å². The zero-order chi connectivity index (χ0) is 12.7. The van der Waals surface area contributed by atoms with Crippen molar-refractivity contribution in [3.8, 4) is 0 Å². The van der Waals surface area contributed by atoms with E-state index >= 15 is 0 Å². The van der Waals surface area contributed by atoms with E-state index in [9.17, 15) is 0 Å². The number of hydrogen-bond acceptors (Lipinski definition) is 1. The van der Waals surface area contributed by atoms with Gasteiger partial charge >= 0.3 is 0 Å². The van der Waals surface area contributed by atoms with Crippen molar-refractivity contribution in [2.45, 2.75) is 34.6 Å². The lowest BCUT2D eigenvalue weighted by Gasteiger charge is -2.04. The van der Waals surface area contributed by atoms with Crippen molar-refractivity contribution in [2.24, 2.45) is 10.9 Å². The van der Waals surface area contributed by atoms with Gasteiger partial charge in [-0.3, -0.25) is 4.99 Å². The standard InChI is InChI=1S/C15H23N/c1-8-15(9-11(2)3)13(6)10-16-14(7)12(4)5/h8-11H,1,4H2,2-3,5-7H3/b13-10+,15-9+,16-14?. The first-order valence-electron chi connectivity index (χ1n) is 5.60. The maximum atomic E-state index is 4.37. The summed E-state index contributed by atoms with van der Waals surface area (Å²) in [7, 11) is 0. The fraction of sp³-hybridized carbons (Fsp3) is 0.400. The molecule has 0 bridgehead atoms. The summed E-state index contributed by atoms with van der Waals surface area (Å²) in [5, 5.41) is 0. The Hall–Kier alpha value is -1.37. The Labute approximate surface area is 100.0 Å². The van der Waals surface area contributed by atoms with Crippen LogP contribution in [0.2, 0.25) is 0 Å². The Bertz CT molecular complexity index is 352. The predicted molar refractivity (Wildman–Crippen MR) is 74.8 cm³/mol. The second-order valence-corrected chi connectivity index (χ2v) is 4.38. The third-order valence-electron chi connectivity index (χ3n) is 2.26. The first kappa shape index (κ1) is 14.6. The Morgan fingerprint density at radius 3 is 2.12 bits per heavy atom. The van der Waals surface area contributed by atoms with Gasteiger partial charge in [-0.25, -0.2) is 0 Å². The second kappa shape index (κ2) is 7.00. The van der Waals surface area contributed by atoms with Crippen LogP contribution in [-0.2, 0) is 0 Å². The van der Waals surface area contributed by atoms with Crippen LogP contribution in [0, 0.1) is 5.92 Å². The average molecular weight is 217 g/mol. The summed E-state index contributed by atoms with van der Waals surface area (Å²) in [6.45, 7) is 17.9. The molecule has 0 spiro atoms. The van der Waals surface area contributed by atoms with E-state index in [2.05, 4.69) is 38.1 Å². The monoisotopic (exact) mass is 217 g/mol. The largest absolute Gasteiger partial charge is 0.261 e. The SMILES string of the molecule is C=CC(=C\C(C)C)/C(C)=C/N=C(C)C(=C)C. The van der Waals surface area contributed by atoms with Crippen molar-refractivity contribution < 1.29 is 0 Å². The molecule has 0 unspecified atom stereocenters. The van der Waals surface area contributed by atoms with Crippen LogP contribution >= 0.6 is 0 Å². The summed E-state index contributed by atoms with van der Waals surface area (Å²) in [5.74, 6) is 0.516. The van der Waals surface area contributed by atoms with Crippen LogP contribution in [0.5, 0.6) is 0 Å². The van der Waals surface area contributed by atoms with Gasteiger partial charge in [-0.2, -0.15) is 0 Å². The van der Waals surface area contributed by atoms with Crippen LogP contribution < -0.4 is 0 Å². The van der Waals surface area contributed by atoms with Gasteiger partial charge in [0.1, 0.15) is 0 Å². The van der Waals surface area contributed by atoms with Crippen LogP contribution in [0.25, 0.3) is 0 Å². The second-order valence-electron chi connectivity index (χ2n) is 4.38. The molecule has 0 aliphatic heterocycles. The van der Waals surface area contributed by atoms with Crippen molar-refractivity contribution >= 4 is 5.71 Å². The Balaban J connectivity index is 4.97. The van der Waals surface area contributed by atoms with E-state index in [1.807, 2.05) is 33.0 Å². The molecule has 0 rings (SSSR count). The summed E-state index contributed by atoms with van der Waals surface area (Å²) in [4.78, 5) is 4.37. The minimum atomic E-state index is 0.516. The zero-order valence-electron chi connectivity index (χ0n) is 11.2. The lowest BCUT2D eigenvalue weighted by atomic mass is 10.0. The third kappa shape index (κ3) is 5.50. The van der Waals surface area contributed by atoms with Crippen molar-refractivity contribution in [1.29, 1.82) is 0 Å². The van der Waals surface area contributed by atoms with Crippen LogP contribution in [0.1, 0.15) is 34.6 Å². The molecule has 0 aliphatic carbocycles. The predicted octanol–water partition coefficient (Wildman–Crippen LogP) is 4.70. The number of nitrogens with zero attached hydrogens (tertiary/aromatic N) is 1. The number of rotatable bonds is 5. The molecule has 0 N–H and O–H groups in total. The van der Waals surface area contributed by atoms with Crippen LogP contribution in [0.15, 0.2) is 53.2 Å². The van der Waals surface area contributed by atoms with E-state index < -0.39 is 0 Å². The highest BCUT2D eigenvalue weighted by Gasteiger charge is 1.97. The van der Waals surface area contributed by atoms with Crippen molar-refractivity contribution in [3.63, 3.8) is 0 Å². The van der Waals surface area contributed by atoms with E-state index in [0.717, 1.165) is 22.4 Å². The summed E-state index contributed by atoms with van der Waals surface area (Å²) in [6.07, 6.45) is 5.93. The molecule has 0 aromatic carbocycles. The van der Waals surface area contributed by atoms with Crippen molar-refractivity contribution in [1.82, 2.24) is 0 Å². The Kier molecular flexibility index (Phi) is 6.40. The van der Waals surface area contributed by atoms with E-state index in [1.54, 1.807) is 0 Å². The molecule has 0 atom stereocenters. The van der Waals surface area contributed by atoms with Gasteiger partial charge in [-0.05, 0) is 43.4 Å². The fourth-order valence-electron chi connectivity index (χ4n) is 1.10. The molecule has 0 heterocycles. The quantitative estimate of drug-likeness (QED) is 0.467. The molecular formula is C15H23N. The number of aliphatic imine (C=N–C) groups is 1. The lowest BCUT2D eigenvalue weighted by molar-refractivity contribution is 0.826. The van der Waals surface area contributed by atoms with E-state index in [-0.39, 0.29) is 0 Å². The molecule has 0 aliphatic rings. The van der Waals surface area contributed by atoms with Gasteiger partial charge in [0.05, 0.1) is 0 Å². The smallest absolute Gasteiger partial charge is 0.0395 e. The summed E-state index contributed by atoms with van der Waals surface area (Å²) >= 11 is 0. The molecule has 0 fully saturated rings. The van der Waals surface area contributed by atoms with Gasteiger partial charge in [0.15, 0.2) is 0 Å². The Morgan fingerprint density at radius 1 is 1.19 bits per heavy atom. The number of hydrogen-bond donors (Lipinski definition) is 0. The molecule has 0 aromatic rings.